The lowest BCUT2D eigenvalue weighted by atomic mass is 9.84. The summed E-state index contributed by atoms with van der Waals surface area (Å²) in [7, 11) is -1.86. The minimum Gasteiger partial charge on any atom is -0.495 e. The van der Waals surface area contributed by atoms with Crippen molar-refractivity contribution >= 4 is 15.7 Å². The second kappa shape index (κ2) is 11.6. The lowest BCUT2D eigenvalue weighted by Gasteiger charge is -2.35. The zero-order valence-corrected chi connectivity index (χ0v) is 23.1. The van der Waals surface area contributed by atoms with E-state index in [9.17, 15) is 36.8 Å². The van der Waals surface area contributed by atoms with Crippen molar-refractivity contribution in [1.82, 2.24) is 14.9 Å². The molecule has 9 nitrogen and oxygen atoms in total. The van der Waals surface area contributed by atoms with Crippen LogP contribution in [-0.4, -0.2) is 65.9 Å². The quantitative estimate of drug-likeness (QED) is 0.471. The molecule has 0 bridgehead atoms. The van der Waals surface area contributed by atoms with Gasteiger partial charge in [0, 0.05) is 19.2 Å². The molecule has 1 atom stereocenters. The Morgan fingerprint density at radius 2 is 2.00 bits per heavy atom. The van der Waals surface area contributed by atoms with E-state index in [4.69, 9.17) is 4.74 Å². The summed E-state index contributed by atoms with van der Waals surface area (Å²) in [6.07, 6.45) is -2.15. The molecule has 0 radical (unpaired) electrons. The van der Waals surface area contributed by atoms with Crippen molar-refractivity contribution in [2.75, 3.05) is 19.9 Å². The molecule has 1 fully saturated rings. The molecule has 1 aliphatic rings. The fourth-order valence-electron chi connectivity index (χ4n) is 4.79. The summed E-state index contributed by atoms with van der Waals surface area (Å²) in [5.41, 5.74) is -0.800. The van der Waals surface area contributed by atoms with E-state index < -0.39 is 38.7 Å². The first-order chi connectivity index (χ1) is 18.1. The number of alkyl halides is 3. The number of ether oxygens (including phenoxy) is 1. The van der Waals surface area contributed by atoms with Crippen LogP contribution in [0.15, 0.2) is 18.2 Å². The van der Waals surface area contributed by atoms with E-state index in [2.05, 4.69) is 10.3 Å². The van der Waals surface area contributed by atoms with Gasteiger partial charge in [-0.05, 0) is 49.8 Å². The Labute approximate surface area is 225 Å². The summed E-state index contributed by atoms with van der Waals surface area (Å²) in [4.78, 5) is 17.4. The van der Waals surface area contributed by atoms with Crippen LogP contribution in [-0.2, 0) is 22.7 Å². The topological polar surface area (TPSA) is 134 Å². The maximum absolute atomic E-state index is 13.1. The van der Waals surface area contributed by atoms with Gasteiger partial charge in [0.25, 0.3) is 5.91 Å². The maximum Gasteiger partial charge on any atom is 0.391 e. The van der Waals surface area contributed by atoms with Crippen LogP contribution in [0.1, 0.15) is 67.1 Å². The number of hydrogen-bond donors (Lipinski definition) is 2. The van der Waals surface area contributed by atoms with E-state index in [0.717, 1.165) is 6.92 Å². The van der Waals surface area contributed by atoms with Crippen molar-refractivity contribution < 1.29 is 36.2 Å². The molecule has 2 N–H and O–H groups in total. The summed E-state index contributed by atoms with van der Waals surface area (Å²) >= 11 is 0. The summed E-state index contributed by atoms with van der Waals surface area (Å²) in [6, 6.07) is 6.51. The molecule has 1 unspecified atom stereocenters. The zero-order valence-electron chi connectivity index (χ0n) is 22.3. The Morgan fingerprint density at radius 1 is 1.36 bits per heavy atom. The number of imidazole rings is 1. The number of aryl methyl sites for hydroxylation is 1. The standard InChI is InChI=1S/C26H33F3N4O5S/c1-5-22-32-23(24(34)31-15-25(35)10-8-18(9-11-25)39(4,36)37)20(14-30)33(22)19-7-6-17(13-21(19)38-3)12-16(2)26(27,28)29/h6-7,13,16,18,35H,5,8-12,15H2,1-4H3,(H,31,34)/t16?,18-,25+. The van der Waals surface area contributed by atoms with Crippen LogP contribution < -0.4 is 10.1 Å². The number of aromatic nitrogens is 2. The molecule has 2 aromatic rings. The summed E-state index contributed by atoms with van der Waals surface area (Å²) in [6.45, 7) is 2.73. The molecular weight excluding hydrogens is 537 g/mol. The first-order valence-corrected chi connectivity index (χ1v) is 14.5. The average molecular weight is 571 g/mol. The van der Waals surface area contributed by atoms with Crippen LogP contribution in [0.5, 0.6) is 5.75 Å². The van der Waals surface area contributed by atoms with Crippen LogP contribution in [0.4, 0.5) is 13.2 Å². The highest BCUT2D eigenvalue weighted by molar-refractivity contribution is 7.91. The molecule has 1 aliphatic carbocycles. The molecule has 1 aromatic heterocycles. The summed E-state index contributed by atoms with van der Waals surface area (Å²) in [5, 5.41) is 22.9. The summed E-state index contributed by atoms with van der Waals surface area (Å²) in [5.74, 6) is -1.67. The zero-order chi connectivity index (χ0) is 29.2. The fraction of sp³-hybridized carbons (Fsp3) is 0.577. The molecule has 39 heavy (non-hydrogen) atoms. The van der Waals surface area contributed by atoms with Gasteiger partial charge in [0.15, 0.2) is 11.4 Å². The first-order valence-electron chi connectivity index (χ1n) is 12.6. The third-order valence-corrected chi connectivity index (χ3v) is 8.90. The monoisotopic (exact) mass is 570 g/mol. The third kappa shape index (κ3) is 6.91. The molecular formula is C26H33F3N4O5S. The number of nitrogens with zero attached hydrogens (tertiary/aromatic N) is 3. The highest BCUT2D eigenvalue weighted by Crippen LogP contribution is 2.34. The number of halogens is 3. The van der Waals surface area contributed by atoms with Gasteiger partial charge in [-0.1, -0.05) is 19.9 Å². The number of rotatable bonds is 9. The second-order valence-corrected chi connectivity index (χ2v) is 12.4. The van der Waals surface area contributed by atoms with E-state index in [-0.39, 0.29) is 55.8 Å². The predicted molar refractivity (Wildman–Crippen MR) is 138 cm³/mol. The van der Waals surface area contributed by atoms with Crippen molar-refractivity contribution in [1.29, 1.82) is 5.26 Å². The molecule has 3 rings (SSSR count). The predicted octanol–water partition coefficient (Wildman–Crippen LogP) is 3.50. The molecule has 1 amide bonds. The minimum absolute atomic E-state index is 0.0909. The molecule has 0 spiro atoms. The lowest BCUT2D eigenvalue weighted by molar-refractivity contribution is -0.169. The molecule has 0 saturated heterocycles. The van der Waals surface area contributed by atoms with Gasteiger partial charge in [-0.15, -0.1) is 0 Å². The smallest absolute Gasteiger partial charge is 0.391 e. The van der Waals surface area contributed by atoms with Crippen molar-refractivity contribution in [3.63, 3.8) is 0 Å². The van der Waals surface area contributed by atoms with Crippen LogP contribution in [0.25, 0.3) is 5.69 Å². The van der Waals surface area contributed by atoms with Crippen molar-refractivity contribution in [2.45, 2.75) is 69.4 Å². The van der Waals surface area contributed by atoms with Crippen molar-refractivity contribution in [3.05, 3.63) is 41.0 Å². The van der Waals surface area contributed by atoms with E-state index in [1.807, 2.05) is 6.07 Å². The number of nitrogens with one attached hydrogen (secondary N) is 1. The van der Waals surface area contributed by atoms with Gasteiger partial charge in [0.05, 0.1) is 29.6 Å². The number of methoxy groups -OCH3 is 1. The first kappa shape index (κ1) is 30.4. The van der Waals surface area contributed by atoms with Gasteiger partial charge in [0.1, 0.15) is 27.5 Å². The van der Waals surface area contributed by atoms with Gasteiger partial charge in [-0.3, -0.25) is 9.36 Å². The number of aliphatic hydroxyl groups is 1. The van der Waals surface area contributed by atoms with Gasteiger partial charge in [0.2, 0.25) is 0 Å². The largest absolute Gasteiger partial charge is 0.495 e. The van der Waals surface area contributed by atoms with Crippen molar-refractivity contribution in [3.8, 4) is 17.5 Å². The second-order valence-electron chi connectivity index (χ2n) is 10.1. The number of sulfone groups is 1. The minimum atomic E-state index is -4.35. The highest BCUT2D eigenvalue weighted by Gasteiger charge is 2.38. The number of amides is 1. The van der Waals surface area contributed by atoms with Gasteiger partial charge >= 0.3 is 6.18 Å². The number of benzene rings is 1. The normalized spacial score (nSPS) is 20.7. The lowest BCUT2D eigenvalue weighted by Crippen LogP contribution is -2.47. The number of hydrogen-bond acceptors (Lipinski definition) is 7. The fourth-order valence-corrected chi connectivity index (χ4v) is 5.88. The Morgan fingerprint density at radius 3 is 2.51 bits per heavy atom. The van der Waals surface area contributed by atoms with Crippen LogP contribution in [0.2, 0.25) is 0 Å². The van der Waals surface area contributed by atoms with Crippen molar-refractivity contribution in [2.24, 2.45) is 5.92 Å². The van der Waals surface area contributed by atoms with E-state index >= 15 is 0 Å². The maximum atomic E-state index is 13.1. The highest BCUT2D eigenvalue weighted by atomic mass is 32.2. The summed E-state index contributed by atoms with van der Waals surface area (Å²) < 4.78 is 69.6. The van der Waals surface area contributed by atoms with Gasteiger partial charge in [-0.2, -0.15) is 18.4 Å². The Bertz CT molecular complexity index is 1360. The average Bonchev–Trinajstić information content (AvgIpc) is 3.25. The Hall–Kier alpha value is -3.11. The van der Waals surface area contributed by atoms with Crippen LogP contribution >= 0.6 is 0 Å². The van der Waals surface area contributed by atoms with Gasteiger partial charge in [-0.25, -0.2) is 13.4 Å². The molecule has 1 aromatic carbocycles. The molecule has 1 heterocycles. The number of nitriles is 1. The van der Waals surface area contributed by atoms with Gasteiger partial charge < -0.3 is 15.2 Å². The Balaban J connectivity index is 1.86. The van der Waals surface area contributed by atoms with E-state index in [1.54, 1.807) is 6.92 Å². The number of carbonyl (C=O) groups excluding carboxylic acids is 1. The SMILES string of the molecule is CCc1nc(C(=O)NC[C@]2(O)CC[C@@H](S(C)(=O)=O)CC2)c(C#N)n1-c1ccc(CC(C)C(F)(F)F)cc1OC. The third-order valence-electron chi connectivity index (χ3n) is 7.22. The molecule has 214 valence electrons. The molecule has 0 aliphatic heterocycles. The van der Waals surface area contributed by atoms with E-state index in [1.165, 1.54) is 36.1 Å². The van der Waals surface area contributed by atoms with Crippen LogP contribution in [0.3, 0.4) is 0 Å². The Kier molecular flexibility index (Phi) is 9.02. The molecule has 13 heteroatoms. The number of carbonyl (C=O) groups is 1. The van der Waals surface area contributed by atoms with E-state index in [0.29, 0.717) is 23.5 Å². The molecule has 1 saturated carbocycles. The van der Waals surface area contributed by atoms with Crippen LogP contribution in [0, 0.1) is 17.2 Å².